The van der Waals surface area contributed by atoms with E-state index in [4.69, 9.17) is 5.73 Å². The summed E-state index contributed by atoms with van der Waals surface area (Å²) in [6.45, 7) is 3.77. The number of nitrogens with two attached hydrogens (primary N) is 1. The van der Waals surface area contributed by atoms with Gasteiger partial charge in [0, 0.05) is 13.1 Å². The summed E-state index contributed by atoms with van der Waals surface area (Å²) < 4.78 is 1.26. The Kier molecular flexibility index (Phi) is 4.38. The fourth-order valence-corrected chi connectivity index (χ4v) is 1.62. The summed E-state index contributed by atoms with van der Waals surface area (Å²) in [7, 11) is 0. The average molecular weight is 203 g/mol. The second-order valence-corrected chi connectivity index (χ2v) is 3.85. The van der Waals surface area contributed by atoms with Crippen LogP contribution < -0.4 is 5.73 Å². The van der Waals surface area contributed by atoms with Gasteiger partial charge in [-0.05, 0) is 25.9 Å². The zero-order chi connectivity index (χ0) is 9.68. The van der Waals surface area contributed by atoms with Crippen LogP contribution in [-0.2, 0) is 0 Å². The normalized spacial score (nSPS) is 18.5. The Morgan fingerprint density at radius 1 is 1.38 bits per heavy atom. The molecule has 0 spiro atoms. The number of likely N-dealkylation sites (tertiary alicyclic amines) is 1. The maximum atomic E-state index is 10.6. The highest BCUT2D eigenvalue weighted by atomic mass is 32.1. The van der Waals surface area contributed by atoms with Crippen LogP contribution in [-0.4, -0.2) is 41.4 Å². The molecule has 0 atom stereocenters. The van der Waals surface area contributed by atoms with Crippen molar-refractivity contribution in [2.24, 2.45) is 5.73 Å². The fourth-order valence-electron chi connectivity index (χ4n) is 1.53. The van der Waals surface area contributed by atoms with Crippen LogP contribution in [0.4, 0.5) is 4.79 Å². The molecule has 5 heteroatoms. The second kappa shape index (κ2) is 5.34. The Morgan fingerprint density at radius 3 is 2.54 bits per heavy atom. The van der Waals surface area contributed by atoms with Crippen molar-refractivity contribution in [1.29, 1.82) is 0 Å². The fraction of sp³-hybridized carbons (Fsp3) is 0.875. The summed E-state index contributed by atoms with van der Waals surface area (Å²) >= 11 is 3.96. The van der Waals surface area contributed by atoms with E-state index >= 15 is 0 Å². The van der Waals surface area contributed by atoms with Crippen molar-refractivity contribution in [3.05, 3.63) is 0 Å². The smallest absolute Gasteiger partial charge is 0.324 e. The van der Waals surface area contributed by atoms with Gasteiger partial charge >= 0.3 is 6.03 Å². The molecule has 1 aliphatic heterocycles. The van der Waals surface area contributed by atoms with Gasteiger partial charge in [0.2, 0.25) is 0 Å². The second-order valence-electron chi connectivity index (χ2n) is 3.36. The van der Waals surface area contributed by atoms with E-state index in [1.165, 1.54) is 23.6 Å². The molecule has 0 aliphatic carbocycles. The van der Waals surface area contributed by atoms with Crippen LogP contribution in [0.1, 0.15) is 19.3 Å². The average Bonchev–Trinajstić information content (AvgIpc) is 2.15. The van der Waals surface area contributed by atoms with Gasteiger partial charge in [-0.2, -0.15) is 0 Å². The Morgan fingerprint density at radius 2 is 2.00 bits per heavy atom. The third-order valence-corrected chi connectivity index (χ3v) is 2.73. The lowest BCUT2D eigenvalue weighted by Crippen LogP contribution is -2.38. The molecule has 76 valence electrons. The van der Waals surface area contributed by atoms with Gasteiger partial charge in [0.25, 0.3) is 0 Å². The van der Waals surface area contributed by atoms with Gasteiger partial charge < -0.3 is 10.6 Å². The van der Waals surface area contributed by atoms with Gasteiger partial charge in [0.05, 0.1) is 0 Å². The van der Waals surface area contributed by atoms with Crippen LogP contribution in [0.5, 0.6) is 0 Å². The molecule has 1 heterocycles. The van der Waals surface area contributed by atoms with Gasteiger partial charge in [0.15, 0.2) is 0 Å². The summed E-state index contributed by atoms with van der Waals surface area (Å²) in [5.41, 5.74) is 5.04. The van der Waals surface area contributed by atoms with E-state index in [0.29, 0.717) is 6.54 Å². The topological polar surface area (TPSA) is 49.6 Å². The zero-order valence-corrected chi connectivity index (χ0v) is 8.67. The predicted octanol–water partition coefficient (Wildman–Crippen LogP) is 0.698. The molecule has 1 aliphatic rings. The lowest BCUT2D eigenvalue weighted by atomic mass is 10.1. The molecule has 1 rings (SSSR count). The number of rotatable bonds is 3. The molecular formula is C8H17N3OS. The summed E-state index contributed by atoms with van der Waals surface area (Å²) in [5, 5.41) is 0. The van der Waals surface area contributed by atoms with Crippen LogP contribution in [0.2, 0.25) is 0 Å². The summed E-state index contributed by atoms with van der Waals surface area (Å²) in [4.78, 5) is 13.0. The van der Waals surface area contributed by atoms with Gasteiger partial charge in [-0.25, -0.2) is 4.79 Å². The predicted molar refractivity (Wildman–Crippen MR) is 55.6 cm³/mol. The Labute approximate surface area is 84.6 Å². The highest BCUT2D eigenvalue weighted by Crippen LogP contribution is 2.08. The van der Waals surface area contributed by atoms with Crippen molar-refractivity contribution in [3.8, 4) is 0 Å². The van der Waals surface area contributed by atoms with E-state index in [9.17, 15) is 4.79 Å². The number of urea groups is 1. The molecule has 0 unspecified atom stereocenters. The number of nitrogens with zero attached hydrogens (tertiary/aromatic N) is 2. The maximum Gasteiger partial charge on any atom is 0.324 e. The molecule has 2 amide bonds. The lowest BCUT2D eigenvalue weighted by Gasteiger charge is -2.27. The Hall–Kier alpha value is -0.420. The number of thiol groups is 1. The number of carbonyl (C=O) groups excluding carboxylic acids is 1. The first-order valence-corrected chi connectivity index (χ1v) is 5.08. The maximum absolute atomic E-state index is 10.6. The minimum absolute atomic E-state index is 0.472. The van der Waals surface area contributed by atoms with Crippen LogP contribution in [0, 0.1) is 0 Å². The number of amides is 2. The van der Waals surface area contributed by atoms with Crippen LogP contribution in [0.15, 0.2) is 0 Å². The molecule has 1 fully saturated rings. The van der Waals surface area contributed by atoms with Gasteiger partial charge in [-0.15, -0.1) is 0 Å². The molecular weight excluding hydrogens is 186 g/mol. The van der Waals surface area contributed by atoms with Crippen molar-refractivity contribution in [2.45, 2.75) is 19.3 Å². The minimum atomic E-state index is -0.472. The van der Waals surface area contributed by atoms with Gasteiger partial charge in [-0.3, -0.25) is 4.31 Å². The number of hydrogen-bond donors (Lipinski definition) is 2. The third kappa shape index (κ3) is 3.87. The number of carbonyl (C=O) groups is 1. The first-order valence-electron chi connectivity index (χ1n) is 4.68. The van der Waals surface area contributed by atoms with Crippen molar-refractivity contribution < 1.29 is 4.79 Å². The molecule has 1 saturated heterocycles. The molecule has 0 bridgehead atoms. The first kappa shape index (κ1) is 10.7. The van der Waals surface area contributed by atoms with Crippen molar-refractivity contribution in [1.82, 2.24) is 9.21 Å². The molecule has 0 aromatic rings. The highest BCUT2D eigenvalue weighted by Gasteiger charge is 2.11. The van der Waals surface area contributed by atoms with E-state index in [0.717, 1.165) is 19.6 Å². The summed E-state index contributed by atoms with van der Waals surface area (Å²) in [6, 6.07) is -0.472. The van der Waals surface area contributed by atoms with E-state index in [2.05, 4.69) is 17.7 Å². The molecule has 0 radical (unpaired) electrons. The molecule has 4 nitrogen and oxygen atoms in total. The van der Waals surface area contributed by atoms with E-state index in [1.807, 2.05) is 0 Å². The molecule has 2 N–H and O–H groups in total. The van der Waals surface area contributed by atoms with E-state index in [1.54, 1.807) is 0 Å². The minimum Gasteiger partial charge on any atom is -0.351 e. The van der Waals surface area contributed by atoms with Crippen LogP contribution in [0.25, 0.3) is 0 Å². The van der Waals surface area contributed by atoms with Crippen LogP contribution in [0.3, 0.4) is 0 Å². The SMILES string of the molecule is NC(=O)N(S)CCN1CCCCC1. The largest absolute Gasteiger partial charge is 0.351 e. The summed E-state index contributed by atoms with van der Waals surface area (Å²) in [5.74, 6) is 0. The molecule has 13 heavy (non-hydrogen) atoms. The summed E-state index contributed by atoms with van der Waals surface area (Å²) in [6.07, 6.45) is 3.86. The number of piperidine rings is 1. The zero-order valence-electron chi connectivity index (χ0n) is 7.78. The number of hydrogen-bond acceptors (Lipinski definition) is 3. The van der Waals surface area contributed by atoms with E-state index < -0.39 is 6.03 Å². The molecule has 0 aromatic carbocycles. The van der Waals surface area contributed by atoms with E-state index in [-0.39, 0.29) is 0 Å². The van der Waals surface area contributed by atoms with Crippen molar-refractivity contribution >= 4 is 18.8 Å². The monoisotopic (exact) mass is 203 g/mol. The van der Waals surface area contributed by atoms with Crippen molar-refractivity contribution in [2.75, 3.05) is 26.2 Å². The highest BCUT2D eigenvalue weighted by molar-refractivity contribution is 7.78. The molecule has 0 aromatic heterocycles. The standard InChI is InChI=1S/C8H17N3OS/c9-8(12)11(13)7-6-10-4-2-1-3-5-10/h13H,1-7H2,(H2,9,12). The number of primary amides is 1. The molecule has 0 saturated carbocycles. The van der Waals surface area contributed by atoms with Gasteiger partial charge in [0.1, 0.15) is 0 Å². The lowest BCUT2D eigenvalue weighted by molar-refractivity contribution is 0.208. The Bertz CT molecular complexity index is 171. The van der Waals surface area contributed by atoms with Crippen molar-refractivity contribution in [3.63, 3.8) is 0 Å². The third-order valence-electron chi connectivity index (χ3n) is 2.33. The van der Waals surface area contributed by atoms with Gasteiger partial charge in [-0.1, -0.05) is 19.2 Å². The van der Waals surface area contributed by atoms with Crippen LogP contribution >= 0.6 is 12.8 Å². The quantitative estimate of drug-likeness (QED) is 0.663. The Balaban J connectivity index is 2.13. The first-order chi connectivity index (χ1) is 6.20.